The van der Waals surface area contributed by atoms with E-state index in [0.717, 1.165) is 6.42 Å². The number of benzene rings is 1. The SMILES string of the molecule is CC(C)S(=O)(=O)c1ccc(Nc2nn(C3(CC#N)CCCOC3)c3cc[nH]c(=O)c23)cc1. The van der Waals surface area contributed by atoms with Crippen LogP contribution in [0.3, 0.4) is 0 Å². The highest BCUT2D eigenvalue weighted by molar-refractivity contribution is 7.92. The van der Waals surface area contributed by atoms with E-state index in [1.165, 1.54) is 12.1 Å². The molecule has 9 nitrogen and oxygen atoms in total. The molecule has 1 aromatic carbocycles. The van der Waals surface area contributed by atoms with Crippen molar-refractivity contribution >= 4 is 32.2 Å². The lowest BCUT2D eigenvalue weighted by Crippen LogP contribution is -2.42. The molecule has 1 aliphatic heterocycles. The van der Waals surface area contributed by atoms with Crippen molar-refractivity contribution in [3.63, 3.8) is 0 Å². The molecule has 1 saturated heterocycles. The van der Waals surface area contributed by atoms with Crippen molar-refractivity contribution in [2.75, 3.05) is 18.5 Å². The van der Waals surface area contributed by atoms with E-state index in [2.05, 4.69) is 16.4 Å². The summed E-state index contributed by atoms with van der Waals surface area (Å²) in [6.07, 6.45) is 3.27. The molecular weight excluding hydrogens is 430 g/mol. The van der Waals surface area contributed by atoms with Gasteiger partial charge in [-0.15, -0.1) is 0 Å². The zero-order valence-electron chi connectivity index (χ0n) is 18.0. The zero-order valence-corrected chi connectivity index (χ0v) is 18.8. The van der Waals surface area contributed by atoms with Crippen LogP contribution in [0.15, 0.2) is 46.2 Å². The largest absolute Gasteiger partial charge is 0.379 e. The number of pyridine rings is 1. The molecule has 4 rings (SSSR count). The molecule has 0 saturated carbocycles. The van der Waals surface area contributed by atoms with E-state index in [0.29, 0.717) is 42.0 Å². The maximum atomic E-state index is 12.7. The van der Waals surface area contributed by atoms with E-state index < -0.39 is 20.6 Å². The van der Waals surface area contributed by atoms with Crippen LogP contribution in [0.25, 0.3) is 10.9 Å². The first-order valence-corrected chi connectivity index (χ1v) is 12.0. The van der Waals surface area contributed by atoms with Crippen LogP contribution < -0.4 is 10.9 Å². The van der Waals surface area contributed by atoms with Crippen LogP contribution >= 0.6 is 0 Å². The van der Waals surface area contributed by atoms with Crippen molar-refractivity contribution in [1.29, 1.82) is 5.26 Å². The number of nitrogens with one attached hydrogen (secondary N) is 2. The molecule has 0 spiro atoms. The first kappa shape index (κ1) is 22.0. The predicted molar refractivity (Wildman–Crippen MR) is 121 cm³/mol. The first-order chi connectivity index (χ1) is 15.3. The number of hydrogen-bond donors (Lipinski definition) is 2. The Hall–Kier alpha value is -3.16. The van der Waals surface area contributed by atoms with Gasteiger partial charge in [-0.1, -0.05) is 0 Å². The van der Waals surface area contributed by atoms with Gasteiger partial charge in [-0.3, -0.25) is 9.48 Å². The number of hydrogen-bond acceptors (Lipinski definition) is 7. The number of H-pyrrole nitrogens is 1. The summed E-state index contributed by atoms with van der Waals surface area (Å²) in [6, 6.07) is 10.4. The van der Waals surface area contributed by atoms with Crippen molar-refractivity contribution in [2.45, 2.75) is 48.8 Å². The number of sulfone groups is 1. The van der Waals surface area contributed by atoms with Gasteiger partial charge in [-0.25, -0.2) is 8.42 Å². The van der Waals surface area contributed by atoms with E-state index in [1.807, 2.05) is 0 Å². The zero-order chi connectivity index (χ0) is 22.9. The number of fused-ring (bicyclic) bond motifs is 1. The molecule has 2 aromatic heterocycles. The molecule has 10 heteroatoms. The van der Waals surface area contributed by atoms with Gasteiger partial charge < -0.3 is 15.0 Å². The van der Waals surface area contributed by atoms with Gasteiger partial charge in [0.15, 0.2) is 15.7 Å². The summed E-state index contributed by atoms with van der Waals surface area (Å²) in [4.78, 5) is 15.6. The molecule has 0 amide bonds. The van der Waals surface area contributed by atoms with Gasteiger partial charge in [0.25, 0.3) is 5.56 Å². The maximum Gasteiger partial charge on any atom is 0.261 e. The van der Waals surface area contributed by atoms with Crippen LogP contribution in [0, 0.1) is 11.3 Å². The highest BCUT2D eigenvalue weighted by atomic mass is 32.2. The molecule has 1 atom stereocenters. The lowest BCUT2D eigenvalue weighted by atomic mass is 9.89. The van der Waals surface area contributed by atoms with Gasteiger partial charge in [0.05, 0.1) is 40.3 Å². The molecule has 3 aromatic rings. The Morgan fingerprint density at radius 3 is 2.69 bits per heavy atom. The smallest absolute Gasteiger partial charge is 0.261 e. The third kappa shape index (κ3) is 3.78. The summed E-state index contributed by atoms with van der Waals surface area (Å²) < 4.78 is 32.2. The van der Waals surface area contributed by atoms with Gasteiger partial charge in [0.1, 0.15) is 5.39 Å². The molecule has 2 N–H and O–H groups in total. The van der Waals surface area contributed by atoms with Crippen molar-refractivity contribution in [1.82, 2.24) is 14.8 Å². The molecular formula is C22H25N5O4S. The van der Waals surface area contributed by atoms with Crippen LogP contribution in [0.4, 0.5) is 11.5 Å². The second kappa shape index (κ2) is 8.41. The molecule has 1 aliphatic rings. The maximum absolute atomic E-state index is 12.7. The Balaban J connectivity index is 1.78. The number of ether oxygens (including phenoxy) is 1. The molecule has 1 unspecified atom stereocenters. The fraction of sp³-hybridized carbons (Fsp3) is 0.409. The normalized spacial score (nSPS) is 19.2. The highest BCUT2D eigenvalue weighted by Gasteiger charge is 2.38. The van der Waals surface area contributed by atoms with E-state index in [1.54, 1.807) is 42.9 Å². The minimum absolute atomic E-state index is 0.206. The summed E-state index contributed by atoms with van der Waals surface area (Å²) >= 11 is 0. The molecule has 1 fully saturated rings. The molecule has 0 radical (unpaired) electrons. The standard InChI is InChI=1S/C22H25N5O4S/c1-15(2)32(29,30)17-6-4-16(5-7-17)25-20-19-18(8-12-24-21(19)28)27(26-20)22(10-11-23)9-3-13-31-14-22/h4-8,12,15H,3,9-10,13-14H2,1-2H3,(H,24,28)(H,25,26). The Kier molecular flexibility index (Phi) is 5.79. The fourth-order valence-corrected chi connectivity index (χ4v) is 5.09. The molecule has 32 heavy (non-hydrogen) atoms. The molecule has 0 aliphatic carbocycles. The third-order valence-electron chi connectivity index (χ3n) is 5.83. The summed E-state index contributed by atoms with van der Waals surface area (Å²) in [5.74, 6) is 0.337. The summed E-state index contributed by atoms with van der Waals surface area (Å²) in [7, 11) is -3.38. The predicted octanol–water partition coefficient (Wildman–Crippen LogP) is 3.07. The summed E-state index contributed by atoms with van der Waals surface area (Å²) in [5, 5.41) is 17.2. The molecule has 3 heterocycles. The third-order valence-corrected chi connectivity index (χ3v) is 8.00. The topological polar surface area (TPSA) is 130 Å². The van der Waals surface area contributed by atoms with Crippen molar-refractivity contribution < 1.29 is 13.2 Å². The quantitative estimate of drug-likeness (QED) is 0.584. The van der Waals surface area contributed by atoms with E-state index in [4.69, 9.17) is 9.84 Å². The van der Waals surface area contributed by atoms with Crippen molar-refractivity contribution in [3.05, 3.63) is 46.9 Å². The van der Waals surface area contributed by atoms with Crippen molar-refractivity contribution in [3.8, 4) is 6.07 Å². The van der Waals surface area contributed by atoms with Crippen LogP contribution in [0.2, 0.25) is 0 Å². The number of aromatic amines is 1. The van der Waals surface area contributed by atoms with Gasteiger partial charge in [0, 0.05) is 18.5 Å². The average Bonchev–Trinajstić information content (AvgIpc) is 3.15. The second-order valence-electron chi connectivity index (χ2n) is 8.29. The van der Waals surface area contributed by atoms with Gasteiger partial charge in [-0.2, -0.15) is 10.4 Å². The first-order valence-electron chi connectivity index (χ1n) is 10.5. The lowest BCUT2D eigenvalue weighted by molar-refractivity contribution is -0.00174. The van der Waals surface area contributed by atoms with Gasteiger partial charge in [0.2, 0.25) is 0 Å². The fourth-order valence-electron chi connectivity index (χ4n) is 4.03. The number of aromatic nitrogens is 3. The van der Waals surface area contributed by atoms with Crippen LogP contribution in [-0.2, 0) is 20.1 Å². The minimum atomic E-state index is -3.38. The molecule has 168 valence electrons. The van der Waals surface area contributed by atoms with E-state index in [-0.39, 0.29) is 16.9 Å². The monoisotopic (exact) mass is 455 g/mol. The number of anilines is 2. The van der Waals surface area contributed by atoms with E-state index >= 15 is 0 Å². The Labute approximate surface area is 185 Å². The number of nitriles is 1. The average molecular weight is 456 g/mol. The van der Waals surface area contributed by atoms with Crippen LogP contribution in [0.5, 0.6) is 0 Å². The van der Waals surface area contributed by atoms with Gasteiger partial charge in [-0.05, 0) is 57.0 Å². The lowest BCUT2D eigenvalue weighted by Gasteiger charge is -2.35. The Morgan fingerprint density at radius 2 is 2.06 bits per heavy atom. The van der Waals surface area contributed by atoms with Crippen LogP contribution in [-0.4, -0.2) is 41.6 Å². The molecule has 0 bridgehead atoms. The van der Waals surface area contributed by atoms with Crippen molar-refractivity contribution in [2.24, 2.45) is 0 Å². The van der Waals surface area contributed by atoms with Gasteiger partial charge >= 0.3 is 0 Å². The number of rotatable bonds is 6. The van der Waals surface area contributed by atoms with E-state index in [9.17, 15) is 18.5 Å². The minimum Gasteiger partial charge on any atom is -0.379 e. The Bertz CT molecular complexity index is 1330. The highest BCUT2D eigenvalue weighted by Crippen LogP contribution is 2.35. The summed E-state index contributed by atoms with van der Waals surface area (Å²) in [5.41, 5.74) is 0.237. The number of nitrogens with zero attached hydrogens (tertiary/aromatic N) is 3. The Morgan fingerprint density at radius 1 is 1.31 bits per heavy atom. The summed E-state index contributed by atoms with van der Waals surface area (Å²) in [6.45, 7) is 4.24. The second-order valence-corrected chi connectivity index (χ2v) is 10.8. The van der Waals surface area contributed by atoms with Crippen LogP contribution in [0.1, 0.15) is 33.1 Å².